The second-order valence-electron chi connectivity index (χ2n) is 7.77. The summed E-state index contributed by atoms with van der Waals surface area (Å²) >= 11 is 6.96. The minimum atomic E-state index is -0.410. The van der Waals surface area contributed by atoms with E-state index < -0.39 is 6.04 Å². The molecule has 1 atom stereocenters. The molecule has 33 heavy (non-hydrogen) atoms. The maximum Gasteiger partial charge on any atom is 0.263 e. The summed E-state index contributed by atoms with van der Waals surface area (Å²) in [5.41, 5.74) is 1.39. The van der Waals surface area contributed by atoms with Crippen molar-refractivity contribution >= 4 is 39.2 Å². The summed E-state index contributed by atoms with van der Waals surface area (Å²) in [6.45, 7) is 1.93. The molecule has 5 rings (SSSR count). The van der Waals surface area contributed by atoms with E-state index in [2.05, 4.69) is 15.0 Å². The number of anilines is 1. The van der Waals surface area contributed by atoms with Crippen LogP contribution in [-0.2, 0) is 0 Å². The highest BCUT2D eigenvalue weighted by Crippen LogP contribution is 2.35. The van der Waals surface area contributed by atoms with Crippen LogP contribution in [0.5, 0.6) is 0 Å². The molecule has 2 aromatic carbocycles. The third-order valence-corrected chi connectivity index (χ3v) is 6.31. The highest BCUT2D eigenvalue weighted by atomic mass is 35.5. The van der Waals surface area contributed by atoms with Crippen molar-refractivity contribution in [2.45, 2.75) is 13.0 Å². The van der Waals surface area contributed by atoms with E-state index in [1.807, 2.05) is 67.4 Å². The number of fused-ring (bicyclic) bond motifs is 2. The number of hydrogen-bond donors (Lipinski definition) is 1. The van der Waals surface area contributed by atoms with E-state index in [1.165, 1.54) is 12.4 Å². The van der Waals surface area contributed by atoms with Crippen molar-refractivity contribution in [3.63, 3.8) is 0 Å². The molecule has 0 bridgehead atoms. The molecule has 0 unspecified atom stereocenters. The van der Waals surface area contributed by atoms with Crippen molar-refractivity contribution in [3.8, 4) is 5.69 Å². The van der Waals surface area contributed by atoms with E-state index in [-0.39, 0.29) is 11.0 Å². The Bertz CT molecular complexity index is 1610. The van der Waals surface area contributed by atoms with E-state index in [1.54, 1.807) is 16.8 Å². The Morgan fingerprint density at radius 3 is 2.42 bits per heavy atom. The summed E-state index contributed by atoms with van der Waals surface area (Å²) < 4.78 is 1.64. The van der Waals surface area contributed by atoms with E-state index >= 15 is 0 Å². The summed E-state index contributed by atoms with van der Waals surface area (Å²) in [7, 11) is 1.82. The second-order valence-corrected chi connectivity index (χ2v) is 8.15. The van der Waals surface area contributed by atoms with Crippen LogP contribution < -0.4 is 15.9 Å². The zero-order valence-corrected chi connectivity index (χ0v) is 18.7. The van der Waals surface area contributed by atoms with Crippen LogP contribution in [0, 0.1) is 0 Å². The quantitative estimate of drug-likeness (QED) is 0.430. The van der Waals surface area contributed by atoms with Crippen LogP contribution in [0.25, 0.3) is 27.5 Å². The number of nitrogens with one attached hydrogen (secondary N) is 1. The van der Waals surface area contributed by atoms with E-state index in [0.717, 1.165) is 0 Å². The van der Waals surface area contributed by atoms with Crippen molar-refractivity contribution in [3.05, 3.63) is 104 Å². The highest BCUT2D eigenvalue weighted by Gasteiger charge is 2.26. The van der Waals surface area contributed by atoms with Crippen molar-refractivity contribution in [1.82, 2.24) is 19.5 Å². The lowest BCUT2D eigenvalue weighted by Crippen LogP contribution is -2.31. The first-order valence-electron chi connectivity index (χ1n) is 10.4. The molecular weight excluding hydrogens is 438 g/mol. The molecule has 0 fully saturated rings. The van der Waals surface area contributed by atoms with Gasteiger partial charge in [0.2, 0.25) is 0 Å². The molecule has 0 amide bonds. The average Bonchev–Trinajstić information content (AvgIpc) is 2.85. The molecule has 164 valence electrons. The van der Waals surface area contributed by atoms with Crippen molar-refractivity contribution in [2.24, 2.45) is 0 Å². The Hall–Kier alpha value is -3.97. The van der Waals surface area contributed by atoms with Crippen LogP contribution in [0.15, 0.2) is 82.8 Å². The first kappa shape index (κ1) is 20.9. The van der Waals surface area contributed by atoms with Crippen LogP contribution in [0.2, 0.25) is 5.02 Å². The van der Waals surface area contributed by atoms with Gasteiger partial charge in [-0.1, -0.05) is 48.0 Å². The third-order valence-electron chi connectivity index (χ3n) is 5.92. The smallest absolute Gasteiger partial charge is 0.263 e. The number of pyridine rings is 2. The molecule has 7 nitrogen and oxygen atoms in total. The minimum Gasteiger partial charge on any atom is -0.351 e. The van der Waals surface area contributed by atoms with Crippen LogP contribution in [0.4, 0.5) is 5.82 Å². The number of nitrogens with zero attached hydrogens (tertiary/aromatic N) is 4. The van der Waals surface area contributed by atoms with Gasteiger partial charge in [-0.25, -0.2) is 9.97 Å². The Labute approximate surface area is 193 Å². The van der Waals surface area contributed by atoms with Gasteiger partial charge in [0.1, 0.15) is 23.2 Å². The van der Waals surface area contributed by atoms with Crippen LogP contribution in [0.3, 0.4) is 0 Å². The molecule has 0 radical (unpaired) electrons. The number of halogens is 1. The lowest BCUT2D eigenvalue weighted by Gasteiger charge is -2.30. The fourth-order valence-electron chi connectivity index (χ4n) is 4.16. The van der Waals surface area contributed by atoms with Crippen molar-refractivity contribution in [2.75, 3.05) is 11.9 Å². The fraction of sp³-hybridized carbons (Fsp3) is 0.120. The van der Waals surface area contributed by atoms with Gasteiger partial charge in [0, 0.05) is 35.8 Å². The molecule has 0 aliphatic heterocycles. The number of hydrogen-bond acceptors (Lipinski definition) is 5. The van der Waals surface area contributed by atoms with E-state index in [9.17, 15) is 9.59 Å². The molecular formula is C25H20ClN5O2. The average molecular weight is 458 g/mol. The lowest BCUT2D eigenvalue weighted by atomic mass is 10.1. The summed E-state index contributed by atoms with van der Waals surface area (Å²) in [4.78, 5) is 39.7. The normalized spacial score (nSPS) is 12.2. The largest absolute Gasteiger partial charge is 0.351 e. The Balaban J connectivity index is 1.79. The highest BCUT2D eigenvalue weighted by molar-refractivity contribution is 6.36. The molecule has 3 heterocycles. The minimum absolute atomic E-state index is 0.165. The van der Waals surface area contributed by atoms with Gasteiger partial charge in [-0.05, 0) is 25.1 Å². The van der Waals surface area contributed by atoms with Gasteiger partial charge in [-0.2, -0.15) is 0 Å². The van der Waals surface area contributed by atoms with Gasteiger partial charge in [0.15, 0.2) is 5.43 Å². The third kappa shape index (κ3) is 3.37. The predicted octanol–water partition coefficient (Wildman–Crippen LogP) is 4.47. The lowest BCUT2D eigenvalue weighted by molar-refractivity contribution is 0.678. The number of rotatable bonds is 4. The molecule has 0 saturated heterocycles. The van der Waals surface area contributed by atoms with Crippen LogP contribution in [0.1, 0.15) is 18.7 Å². The predicted molar refractivity (Wildman–Crippen MR) is 132 cm³/mol. The summed E-state index contributed by atoms with van der Waals surface area (Å²) in [5.74, 6) is 0.450. The fourth-order valence-corrected chi connectivity index (χ4v) is 4.56. The maximum absolute atomic E-state index is 13.6. The number of benzene rings is 2. The number of aromatic nitrogens is 4. The number of H-pyrrole nitrogens is 1. The van der Waals surface area contributed by atoms with Crippen molar-refractivity contribution in [1.29, 1.82) is 0 Å². The Morgan fingerprint density at radius 2 is 1.67 bits per heavy atom. The first-order chi connectivity index (χ1) is 16.0. The van der Waals surface area contributed by atoms with Gasteiger partial charge in [0.05, 0.1) is 16.8 Å². The molecule has 0 aliphatic rings. The second kappa shape index (κ2) is 8.18. The Morgan fingerprint density at radius 1 is 0.970 bits per heavy atom. The van der Waals surface area contributed by atoms with Crippen LogP contribution in [-0.4, -0.2) is 26.6 Å². The Kier molecular flexibility index (Phi) is 5.18. The summed E-state index contributed by atoms with van der Waals surface area (Å²) in [6.07, 6.45) is 2.96. The van der Waals surface area contributed by atoms with Gasteiger partial charge in [-0.15, -0.1) is 0 Å². The monoisotopic (exact) mass is 457 g/mol. The molecule has 0 aliphatic carbocycles. The zero-order chi connectivity index (χ0) is 23.1. The first-order valence-corrected chi connectivity index (χ1v) is 10.8. The molecule has 0 spiro atoms. The standard InChI is InChI=1S/C25H20ClN5O2/c1-15(30(2)24-20-19(32)12-13-27-23(20)28-14-29-24)22-21(26)17-10-6-7-11-18(17)25(33)31(22)16-8-4-3-5-9-16/h3-15H,1-2H3,(H,27,28,29,32)/t15-/m0/s1. The van der Waals surface area contributed by atoms with Crippen molar-refractivity contribution < 1.29 is 0 Å². The van der Waals surface area contributed by atoms with Gasteiger partial charge < -0.3 is 9.88 Å². The van der Waals surface area contributed by atoms with E-state index in [4.69, 9.17) is 11.6 Å². The molecule has 0 saturated carbocycles. The SMILES string of the molecule is C[C@@H](c1c(Cl)c2ccccc2c(=O)n1-c1ccccc1)N(C)c1ncnc2[nH]ccc(=O)c12. The number of aromatic amines is 1. The summed E-state index contributed by atoms with van der Waals surface area (Å²) in [5, 5.41) is 2.06. The molecule has 1 N–H and O–H groups in total. The van der Waals surface area contributed by atoms with Crippen LogP contribution >= 0.6 is 11.6 Å². The zero-order valence-electron chi connectivity index (χ0n) is 18.0. The molecule has 5 aromatic rings. The summed E-state index contributed by atoms with van der Waals surface area (Å²) in [6, 6.07) is 17.7. The number of para-hydroxylation sites is 1. The van der Waals surface area contributed by atoms with Gasteiger partial charge >= 0.3 is 0 Å². The molecule has 8 heteroatoms. The maximum atomic E-state index is 13.6. The topological polar surface area (TPSA) is 83.9 Å². The van der Waals surface area contributed by atoms with Gasteiger partial charge in [-0.3, -0.25) is 14.2 Å². The van der Waals surface area contributed by atoms with E-state index in [0.29, 0.717) is 44.0 Å². The molecule has 3 aromatic heterocycles. The van der Waals surface area contributed by atoms with Gasteiger partial charge in [0.25, 0.3) is 5.56 Å².